The highest BCUT2D eigenvalue weighted by Crippen LogP contribution is 2.24. The summed E-state index contributed by atoms with van der Waals surface area (Å²) >= 11 is 0. The lowest BCUT2D eigenvalue weighted by Gasteiger charge is -2.02. The Hall–Kier alpha value is -2.26. The number of azide groups is 1. The van der Waals surface area contributed by atoms with E-state index in [1.165, 1.54) is 5.56 Å². The highest BCUT2D eigenvalue weighted by molar-refractivity contribution is 5.63. The normalized spacial score (nSPS) is 10.0. The second-order valence-electron chi connectivity index (χ2n) is 3.89. The van der Waals surface area contributed by atoms with Crippen molar-refractivity contribution in [3.63, 3.8) is 0 Å². The molecule has 5 heteroatoms. The average molecular weight is 228 g/mol. The van der Waals surface area contributed by atoms with Crippen LogP contribution >= 0.6 is 0 Å². The summed E-state index contributed by atoms with van der Waals surface area (Å²) in [7, 11) is 0. The molecule has 0 atom stereocenters. The average Bonchev–Trinajstić information content (AvgIpc) is 2.75. The third-order valence-electron chi connectivity index (χ3n) is 2.51. The molecule has 0 aliphatic carbocycles. The Morgan fingerprint density at radius 1 is 1.35 bits per heavy atom. The van der Waals surface area contributed by atoms with Crippen molar-refractivity contribution in [1.82, 2.24) is 5.16 Å². The van der Waals surface area contributed by atoms with Crippen LogP contribution in [0, 0.1) is 13.8 Å². The third-order valence-corrected chi connectivity index (χ3v) is 2.51. The molecule has 86 valence electrons. The number of aryl methyl sites for hydroxylation is 2. The summed E-state index contributed by atoms with van der Waals surface area (Å²) in [6, 6.07) is 7.94. The van der Waals surface area contributed by atoms with Crippen molar-refractivity contribution >= 4 is 0 Å². The van der Waals surface area contributed by atoms with Gasteiger partial charge in [-0.05, 0) is 24.9 Å². The molecule has 0 amide bonds. The molecule has 0 saturated carbocycles. The van der Waals surface area contributed by atoms with Gasteiger partial charge >= 0.3 is 0 Å². The minimum atomic E-state index is 0.189. The Morgan fingerprint density at radius 2 is 2.18 bits per heavy atom. The fourth-order valence-electron chi connectivity index (χ4n) is 1.72. The highest BCUT2D eigenvalue weighted by atomic mass is 16.5. The van der Waals surface area contributed by atoms with Crippen molar-refractivity contribution in [2.24, 2.45) is 5.11 Å². The molecule has 0 N–H and O–H groups in total. The Morgan fingerprint density at radius 3 is 2.88 bits per heavy atom. The summed E-state index contributed by atoms with van der Waals surface area (Å²) in [6.45, 7) is 4.27. The molecule has 1 aromatic carbocycles. The van der Waals surface area contributed by atoms with E-state index in [0.29, 0.717) is 5.76 Å². The van der Waals surface area contributed by atoms with E-state index < -0.39 is 0 Å². The van der Waals surface area contributed by atoms with Gasteiger partial charge in [-0.15, -0.1) is 0 Å². The van der Waals surface area contributed by atoms with Crippen LogP contribution in [0.15, 0.2) is 33.9 Å². The Kier molecular flexibility index (Phi) is 3.12. The van der Waals surface area contributed by atoms with Gasteiger partial charge < -0.3 is 4.52 Å². The predicted octanol–water partition coefficient (Wildman–Crippen LogP) is 3.77. The fourth-order valence-corrected chi connectivity index (χ4v) is 1.72. The summed E-state index contributed by atoms with van der Waals surface area (Å²) in [5, 5.41) is 7.40. The van der Waals surface area contributed by atoms with E-state index in [-0.39, 0.29) is 6.54 Å². The van der Waals surface area contributed by atoms with E-state index in [0.717, 1.165) is 16.8 Å². The maximum absolute atomic E-state index is 8.22. The summed E-state index contributed by atoms with van der Waals surface area (Å²) in [5.41, 5.74) is 12.4. The standard InChI is InChI=1S/C12H12N4O/c1-8-3-4-11(9(2)5-8)12-6-10(17-15-12)7-14-16-13/h3-6H,7H2,1-2H3. The molecule has 2 aromatic rings. The Bertz CT molecular complexity index is 582. The molecule has 0 spiro atoms. The molecule has 0 aliphatic heterocycles. The van der Waals surface area contributed by atoms with Gasteiger partial charge in [0.05, 0.1) is 6.54 Å². The molecule has 0 saturated heterocycles. The zero-order valence-electron chi connectivity index (χ0n) is 9.71. The van der Waals surface area contributed by atoms with E-state index in [9.17, 15) is 0 Å². The number of nitrogens with zero attached hydrogens (tertiary/aromatic N) is 4. The molecular weight excluding hydrogens is 216 g/mol. The summed E-state index contributed by atoms with van der Waals surface area (Å²) in [5.74, 6) is 0.567. The topological polar surface area (TPSA) is 74.8 Å². The molecule has 0 fully saturated rings. The van der Waals surface area contributed by atoms with Crippen LogP contribution in [0.2, 0.25) is 0 Å². The van der Waals surface area contributed by atoms with Gasteiger partial charge in [0.1, 0.15) is 11.5 Å². The first-order chi connectivity index (χ1) is 8.20. The van der Waals surface area contributed by atoms with Crippen molar-refractivity contribution in [2.45, 2.75) is 20.4 Å². The van der Waals surface area contributed by atoms with Gasteiger partial charge in [-0.3, -0.25) is 0 Å². The smallest absolute Gasteiger partial charge is 0.143 e. The number of aromatic nitrogens is 1. The lowest BCUT2D eigenvalue weighted by atomic mass is 10.0. The molecule has 0 bridgehead atoms. The first-order valence-corrected chi connectivity index (χ1v) is 5.25. The van der Waals surface area contributed by atoms with Crippen molar-refractivity contribution in [1.29, 1.82) is 0 Å². The SMILES string of the molecule is Cc1ccc(-c2cc(CN=[N+]=[N-])on2)c(C)c1. The van der Waals surface area contributed by atoms with Gasteiger partial charge in [-0.25, -0.2) is 0 Å². The van der Waals surface area contributed by atoms with Crippen molar-refractivity contribution in [3.05, 3.63) is 51.6 Å². The number of benzene rings is 1. The van der Waals surface area contributed by atoms with Gasteiger partial charge in [-0.1, -0.05) is 34.0 Å². The van der Waals surface area contributed by atoms with Crippen LogP contribution in [0.25, 0.3) is 21.7 Å². The molecule has 17 heavy (non-hydrogen) atoms. The second-order valence-corrected chi connectivity index (χ2v) is 3.89. The number of rotatable bonds is 3. The zero-order chi connectivity index (χ0) is 12.3. The maximum Gasteiger partial charge on any atom is 0.143 e. The van der Waals surface area contributed by atoms with E-state index in [2.05, 4.69) is 21.2 Å². The first kappa shape index (κ1) is 11.2. The van der Waals surface area contributed by atoms with Crippen LogP contribution < -0.4 is 0 Å². The number of hydrogen-bond acceptors (Lipinski definition) is 3. The largest absolute Gasteiger partial charge is 0.361 e. The van der Waals surface area contributed by atoms with Crippen LogP contribution in [0.3, 0.4) is 0 Å². The fraction of sp³-hybridized carbons (Fsp3) is 0.250. The van der Waals surface area contributed by atoms with E-state index in [1.54, 1.807) is 6.07 Å². The molecule has 0 aliphatic rings. The zero-order valence-corrected chi connectivity index (χ0v) is 9.71. The van der Waals surface area contributed by atoms with E-state index >= 15 is 0 Å². The van der Waals surface area contributed by atoms with Gasteiger partial charge in [-0.2, -0.15) is 0 Å². The first-order valence-electron chi connectivity index (χ1n) is 5.25. The van der Waals surface area contributed by atoms with Crippen LogP contribution in [0.4, 0.5) is 0 Å². The van der Waals surface area contributed by atoms with Gasteiger partial charge in [0.15, 0.2) is 0 Å². The van der Waals surface area contributed by atoms with Crippen molar-refractivity contribution in [2.75, 3.05) is 0 Å². The van der Waals surface area contributed by atoms with Gasteiger partial charge in [0.25, 0.3) is 0 Å². The third kappa shape index (κ3) is 2.46. The van der Waals surface area contributed by atoms with Crippen LogP contribution in [0.1, 0.15) is 16.9 Å². The van der Waals surface area contributed by atoms with Gasteiger partial charge in [0.2, 0.25) is 0 Å². The predicted molar refractivity (Wildman–Crippen MR) is 64.3 cm³/mol. The van der Waals surface area contributed by atoms with Crippen LogP contribution in [0.5, 0.6) is 0 Å². The molecule has 0 radical (unpaired) electrons. The maximum atomic E-state index is 8.22. The molecule has 5 nitrogen and oxygen atoms in total. The highest BCUT2D eigenvalue weighted by Gasteiger charge is 2.08. The van der Waals surface area contributed by atoms with Crippen LogP contribution in [-0.2, 0) is 6.54 Å². The Balaban J connectivity index is 2.33. The molecule has 1 heterocycles. The van der Waals surface area contributed by atoms with E-state index in [1.807, 2.05) is 26.0 Å². The van der Waals surface area contributed by atoms with Crippen molar-refractivity contribution in [3.8, 4) is 11.3 Å². The second kappa shape index (κ2) is 4.72. The van der Waals surface area contributed by atoms with E-state index in [4.69, 9.17) is 10.1 Å². The molecule has 2 rings (SSSR count). The monoisotopic (exact) mass is 228 g/mol. The van der Waals surface area contributed by atoms with Crippen molar-refractivity contribution < 1.29 is 4.52 Å². The Labute approximate surface area is 98.7 Å². The molecule has 0 unspecified atom stereocenters. The summed E-state index contributed by atoms with van der Waals surface area (Å²) in [4.78, 5) is 2.68. The lowest BCUT2D eigenvalue weighted by molar-refractivity contribution is 0.387. The van der Waals surface area contributed by atoms with Crippen LogP contribution in [-0.4, -0.2) is 5.16 Å². The van der Waals surface area contributed by atoms with Gasteiger partial charge in [0, 0.05) is 16.5 Å². The molecule has 1 aromatic heterocycles. The summed E-state index contributed by atoms with van der Waals surface area (Å²) in [6.07, 6.45) is 0. The quantitative estimate of drug-likeness (QED) is 0.455. The lowest BCUT2D eigenvalue weighted by Crippen LogP contribution is -1.84. The number of hydrogen-bond donors (Lipinski definition) is 0. The minimum Gasteiger partial charge on any atom is -0.361 e. The summed E-state index contributed by atoms with van der Waals surface area (Å²) < 4.78 is 5.09. The molecular formula is C12H12N4O. The minimum absolute atomic E-state index is 0.189.